The molecule has 0 saturated carbocycles. The van der Waals surface area contributed by atoms with E-state index in [1.165, 1.54) is 12.3 Å². The number of nitrogens with zero attached hydrogens (tertiary/aromatic N) is 5. The molecule has 0 bridgehead atoms. The highest BCUT2D eigenvalue weighted by Gasteiger charge is 2.42. The Balaban J connectivity index is 1.22. The third-order valence-electron chi connectivity index (χ3n) is 7.94. The zero-order valence-electron chi connectivity index (χ0n) is 20.3. The lowest BCUT2D eigenvalue weighted by molar-refractivity contribution is -0.138. The fourth-order valence-electron chi connectivity index (χ4n) is 5.86. The van der Waals surface area contributed by atoms with E-state index in [-0.39, 0.29) is 22.7 Å². The van der Waals surface area contributed by atoms with Crippen LogP contribution in [-0.2, 0) is 12.7 Å². The Labute approximate surface area is 217 Å². The second kappa shape index (κ2) is 9.83. The quantitative estimate of drug-likeness (QED) is 0.600. The maximum absolute atomic E-state index is 13.9. The van der Waals surface area contributed by atoms with Crippen molar-refractivity contribution in [3.8, 4) is 0 Å². The van der Waals surface area contributed by atoms with Gasteiger partial charge in [-0.2, -0.15) is 23.0 Å². The topological polar surface area (TPSA) is 81.9 Å². The molecule has 1 amide bonds. The predicted octanol–water partition coefficient (Wildman–Crippen LogP) is 4.81. The molecule has 12 heteroatoms. The third-order valence-corrected chi connectivity index (χ3v) is 8.22. The van der Waals surface area contributed by atoms with Crippen molar-refractivity contribution in [1.29, 1.82) is 0 Å². The molecular formula is C25H29ClF3N5O3. The maximum atomic E-state index is 13.9. The summed E-state index contributed by atoms with van der Waals surface area (Å²) in [5, 5.41) is 12.8. The van der Waals surface area contributed by atoms with Crippen LogP contribution in [0.4, 0.5) is 23.7 Å². The van der Waals surface area contributed by atoms with Crippen LogP contribution in [0.2, 0.25) is 5.02 Å². The Morgan fingerprint density at radius 3 is 2.35 bits per heavy atom. The van der Waals surface area contributed by atoms with Crippen LogP contribution in [0.25, 0.3) is 0 Å². The maximum Gasteiger partial charge on any atom is 0.416 e. The molecule has 2 aromatic rings. The van der Waals surface area contributed by atoms with E-state index in [1.807, 2.05) is 11.0 Å². The lowest BCUT2D eigenvalue weighted by Gasteiger charge is -2.39. The first-order valence-corrected chi connectivity index (χ1v) is 12.9. The van der Waals surface area contributed by atoms with Gasteiger partial charge in [0, 0.05) is 45.0 Å². The average Bonchev–Trinajstić information content (AvgIpc) is 3.60. The van der Waals surface area contributed by atoms with E-state index >= 15 is 0 Å². The number of aromatic nitrogens is 2. The van der Waals surface area contributed by atoms with Crippen LogP contribution in [0.1, 0.15) is 53.7 Å². The minimum atomic E-state index is -4.41. The number of carbonyl (C=O) groups excluding carboxylic acids is 1. The van der Waals surface area contributed by atoms with E-state index in [0.717, 1.165) is 49.9 Å². The normalized spacial score (nSPS) is 20.2. The Morgan fingerprint density at radius 1 is 1.05 bits per heavy atom. The Morgan fingerprint density at radius 2 is 1.73 bits per heavy atom. The van der Waals surface area contributed by atoms with Crippen molar-refractivity contribution in [2.75, 3.05) is 44.2 Å². The molecule has 37 heavy (non-hydrogen) atoms. The van der Waals surface area contributed by atoms with Crippen molar-refractivity contribution >= 4 is 29.3 Å². The summed E-state index contributed by atoms with van der Waals surface area (Å²) in [4.78, 5) is 29.7. The molecule has 3 saturated heterocycles. The number of hydrogen-bond donors (Lipinski definition) is 1. The number of carboxylic acid groups (broad SMARTS) is 1. The average molecular weight is 540 g/mol. The van der Waals surface area contributed by atoms with Gasteiger partial charge < -0.3 is 14.9 Å². The van der Waals surface area contributed by atoms with Crippen LogP contribution in [-0.4, -0.2) is 76.0 Å². The number of anilines is 1. The summed E-state index contributed by atoms with van der Waals surface area (Å²) in [6, 6.07) is 4.30. The minimum Gasteiger partial charge on any atom is -0.476 e. The SMILES string of the molecule is O=C(O)c1nn(C(=O)N2CCC3(CCN(Cc4ccc(N5CCCC5)cc4C(F)(F)F)C3)CC2)cc1Cl. The van der Waals surface area contributed by atoms with Crippen LogP contribution in [0.15, 0.2) is 24.4 Å². The van der Waals surface area contributed by atoms with Crippen molar-refractivity contribution in [2.24, 2.45) is 5.41 Å². The molecule has 4 heterocycles. The van der Waals surface area contributed by atoms with Crippen molar-refractivity contribution in [1.82, 2.24) is 19.6 Å². The monoisotopic (exact) mass is 539 g/mol. The van der Waals surface area contributed by atoms with Crippen LogP contribution in [0.5, 0.6) is 0 Å². The lowest BCUT2D eigenvalue weighted by Crippen LogP contribution is -2.45. The van der Waals surface area contributed by atoms with Crippen molar-refractivity contribution in [2.45, 2.75) is 44.8 Å². The number of halogens is 4. The second-order valence-electron chi connectivity index (χ2n) is 10.3. The number of amides is 1. The van der Waals surface area contributed by atoms with Crippen molar-refractivity contribution in [3.05, 3.63) is 46.2 Å². The standard InChI is InChI=1S/C25H29ClF3N5O3/c26-20-15-34(30-21(20)22(35)36)23(37)33-11-6-24(7-12-33)5-10-31(16-24)14-17-3-4-18(32-8-1-2-9-32)13-19(17)25(27,28)29/h3-4,13,15H,1-2,5-12,14,16H2,(H,35,36). The van der Waals surface area contributed by atoms with E-state index in [4.69, 9.17) is 16.7 Å². The zero-order valence-corrected chi connectivity index (χ0v) is 21.1. The first-order valence-electron chi connectivity index (χ1n) is 12.5. The fourth-order valence-corrected chi connectivity index (χ4v) is 6.07. The second-order valence-corrected chi connectivity index (χ2v) is 10.7. The summed E-state index contributed by atoms with van der Waals surface area (Å²) in [5.74, 6) is -1.31. The number of likely N-dealkylation sites (tertiary alicyclic amines) is 2. The van der Waals surface area contributed by atoms with Gasteiger partial charge >= 0.3 is 18.2 Å². The van der Waals surface area contributed by atoms with Crippen LogP contribution < -0.4 is 4.90 Å². The highest BCUT2D eigenvalue weighted by molar-refractivity contribution is 6.33. The molecule has 3 aliphatic heterocycles. The molecule has 0 radical (unpaired) electrons. The molecular weight excluding hydrogens is 511 g/mol. The minimum absolute atomic E-state index is 0.0569. The fraction of sp³-hybridized carbons (Fsp3) is 0.560. The lowest BCUT2D eigenvalue weighted by atomic mass is 9.78. The largest absolute Gasteiger partial charge is 0.476 e. The summed E-state index contributed by atoms with van der Waals surface area (Å²) in [7, 11) is 0. The number of piperidine rings is 1. The van der Waals surface area contributed by atoms with Gasteiger partial charge in [-0.15, -0.1) is 0 Å². The first-order chi connectivity index (χ1) is 17.5. The number of aromatic carboxylic acids is 1. The third kappa shape index (κ3) is 5.29. The molecule has 0 aliphatic carbocycles. The van der Waals surface area contributed by atoms with E-state index in [2.05, 4.69) is 10.00 Å². The molecule has 0 atom stereocenters. The van der Waals surface area contributed by atoms with E-state index in [9.17, 15) is 22.8 Å². The molecule has 1 spiro atoms. The van der Waals surface area contributed by atoms with Crippen LogP contribution in [0.3, 0.4) is 0 Å². The molecule has 1 aromatic carbocycles. The predicted molar refractivity (Wildman–Crippen MR) is 131 cm³/mol. The van der Waals surface area contributed by atoms with E-state index in [1.54, 1.807) is 11.0 Å². The number of rotatable bonds is 4. The summed E-state index contributed by atoms with van der Waals surface area (Å²) in [6.45, 7) is 4.13. The highest BCUT2D eigenvalue weighted by atomic mass is 35.5. The molecule has 0 unspecified atom stereocenters. The Hall–Kier alpha value is -2.79. The molecule has 3 fully saturated rings. The first kappa shape index (κ1) is 25.8. The van der Waals surface area contributed by atoms with Gasteiger partial charge in [0.1, 0.15) is 0 Å². The zero-order chi connectivity index (χ0) is 26.4. The summed E-state index contributed by atoms with van der Waals surface area (Å²) in [5.41, 5.74) is -0.0561. The van der Waals surface area contributed by atoms with E-state index < -0.39 is 23.7 Å². The molecule has 3 aliphatic rings. The van der Waals surface area contributed by atoms with Gasteiger partial charge in [-0.25, -0.2) is 9.59 Å². The van der Waals surface area contributed by atoms with E-state index in [0.29, 0.717) is 37.4 Å². The van der Waals surface area contributed by atoms with Gasteiger partial charge in [0.2, 0.25) is 0 Å². The van der Waals surface area contributed by atoms with Gasteiger partial charge in [0.05, 0.1) is 16.8 Å². The molecule has 200 valence electrons. The summed E-state index contributed by atoms with van der Waals surface area (Å²) in [6.07, 6.45) is 1.08. The Bertz CT molecular complexity index is 1190. The van der Waals surface area contributed by atoms with Gasteiger partial charge in [0.25, 0.3) is 0 Å². The van der Waals surface area contributed by atoms with Crippen molar-refractivity contribution < 1.29 is 27.9 Å². The summed E-state index contributed by atoms with van der Waals surface area (Å²) >= 11 is 5.87. The van der Waals surface area contributed by atoms with Crippen molar-refractivity contribution in [3.63, 3.8) is 0 Å². The van der Waals surface area contributed by atoms with Gasteiger partial charge in [-0.3, -0.25) is 4.90 Å². The smallest absolute Gasteiger partial charge is 0.416 e. The summed E-state index contributed by atoms with van der Waals surface area (Å²) < 4.78 is 42.8. The molecule has 5 rings (SSSR count). The van der Waals surface area contributed by atoms with Crippen LogP contribution in [0, 0.1) is 5.41 Å². The highest BCUT2D eigenvalue weighted by Crippen LogP contribution is 2.42. The molecule has 8 nitrogen and oxygen atoms in total. The number of alkyl halides is 3. The van der Waals surface area contributed by atoms with Gasteiger partial charge in [-0.05, 0) is 61.8 Å². The number of hydrogen-bond acceptors (Lipinski definition) is 5. The number of benzene rings is 1. The number of carbonyl (C=O) groups is 2. The van der Waals surface area contributed by atoms with Crippen LogP contribution >= 0.6 is 11.6 Å². The molecule has 1 N–H and O–H groups in total. The Kier molecular flexibility index (Phi) is 6.86. The van der Waals surface area contributed by atoms with Gasteiger partial charge in [-0.1, -0.05) is 17.7 Å². The number of carboxylic acids is 1. The molecule has 1 aromatic heterocycles. The van der Waals surface area contributed by atoms with Gasteiger partial charge in [0.15, 0.2) is 5.69 Å².